The number of carbonyl (C=O) groups excluding carboxylic acids is 3. The first-order valence-electron chi connectivity index (χ1n) is 12.4. The first-order chi connectivity index (χ1) is 17.9. The second-order valence-corrected chi connectivity index (χ2v) is 10.4. The van der Waals surface area contributed by atoms with Crippen molar-refractivity contribution in [3.05, 3.63) is 82.0 Å². The lowest BCUT2D eigenvalue weighted by Gasteiger charge is -2.27. The van der Waals surface area contributed by atoms with Crippen molar-refractivity contribution in [2.24, 2.45) is 5.92 Å². The Balaban J connectivity index is 0.00000336. The molecule has 2 aliphatic rings. The van der Waals surface area contributed by atoms with Crippen molar-refractivity contribution in [2.45, 2.75) is 32.9 Å². The summed E-state index contributed by atoms with van der Waals surface area (Å²) >= 11 is 1.40. The lowest BCUT2D eigenvalue weighted by Crippen LogP contribution is -2.30. The van der Waals surface area contributed by atoms with E-state index in [1.807, 2.05) is 18.2 Å². The molecular formula is C28H29ClFN3O4S. The Labute approximate surface area is 231 Å². The maximum Gasteiger partial charge on any atom is 0.341 e. The lowest BCUT2D eigenvalue weighted by molar-refractivity contribution is -0.122. The van der Waals surface area contributed by atoms with Crippen LogP contribution in [0.15, 0.2) is 54.6 Å². The Bertz CT molecular complexity index is 1320. The van der Waals surface area contributed by atoms with Gasteiger partial charge in [-0.2, -0.15) is 0 Å². The van der Waals surface area contributed by atoms with E-state index >= 15 is 0 Å². The van der Waals surface area contributed by atoms with E-state index in [-0.39, 0.29) is 49.6 Å². The molecule has 0 saturated carbocycles. The fourth-order valence-electron chi connectivity index (χ4n) is 4.91. The standard InChI is InChI=1S/C28H28FN3O4S.ClH/c1-2-36-28(35)25-22-12-13-31(15-18-6-4-3-5-7-18)17-23(22)37-27(25)30-26(34)19-14-24(33)32(16-19)21-10-8-20(29)9-11-21;/h3-11,19H,2,12-17H2,1H3,(H,30,34);1H. The largest absolute Gasteiger partial charge is 0.462 e. The summed E-state index contributed by atoms with van der Waals surface area (Å²) in [5.74, 6) is -1.92. The molecular weight excluding hydrogens is 529 g/mol. The summed E-state index contributed by atoms with van der Waals surface area (Å²) in [5.41, 5.74) is 3.13. The highest BCUT2D eigenvalue weighted by Crippen LogP contribution is 2.39. The highest BCUT2D eigenvalue weighted by atomic mass is 35.5. The average molecular weight is 558 g/mol. The molecule has 1 atom stereocenters. The van der Waals surface area contributed by atoms with Crippen molar-refractivity contribution in [1.82, 2.24) is 4.90 Å². The number of hydrogen-bond donors (Lipinski definition) is 1. The molecule has 2 amide bonds. The van der Waals surface area contributed by atoms with E-state index in [2.05, 4.69) is 22.3 Å². The van der Waals surface area contributed by atoms with Gasteiger partial charge < -0.3 is 15.0 Å². The molecule has 0 aliphatic carbocycles. The SMILES string of the molecule is CCOC(=O)c1c(NC(=O)C2CC(=O)N(c3ccc(F)cc3)C2)sc2c1CCN(Cc1ccccc1)C2.Cl. The molecule has 0 bridgehead atoms. The number of anilines is 2. The molecule has 3 aromatic rings. The minimum Gasteiger partial charge on any atom is -0.462 e. The van der Waals surface area contributed by atoms with E-state index < -0.39 is 11.9 Å². The van der Waals surface area contributed by atoms with Crippen LogP contribution in [0.5, 0.6) is 0 Å². The van der Waals surface area contributed by atoms with Crippen LogP contribution in [0, 0.1) is 11.7 Å². The normalized spacial score (nSPS) is 17.1. The number of ether oxygens (including phenoxy) is 1. The number of fused-ring (bicyclic) bond motifs is 1. The number of hydrogen-bond acceptors (Lipinski definition) is 6. The van der Waals surface area contributed by atoms with Crippen molar-refractivity contribution in [2.75, 3.05) is 29.9 Å². The molecule has 1 aromatic heterocycles. The minimum absolute atomic E-state index is 0. The zero-order valence-corrected chi connectivity index (χ0v) is 22.6. The van der Waals surface area contributed by atoms with Gasteiger partial charge in [0.15, 0.2) is 0 Å². The summed E-state index contributed by atoms with van der Waals surface area (Å²) in [4.78, 5) is 43.6. The van der Waals surface area contributed by atoms with E-state index in [4.69, 9.17) is 4.74 Å². The summed E-state index contributed by atoms with van der Waals surface area (Å²) in [7, 11) is 0. The van der Waals surface area contributed by atoms with Gasteiger partial charge in [-0.1, -0.05) is 30.3 Å². The molecule has 1 N–H and O–H groups in total. The summed E-state index contributed by atoms with van der Waals surface area (Å²) in [6, 6.07) is 15.9. The van der Waals surface area contributed by atoms with Crippen LogP contribution in [-0.2, 0) is 33.8 Å². The van der Waals surface area contributed by atoms with Crippen molar-refractivity contribution >= 4 is 52.2 Å². The van der Waals surface area contributed by atoms with Gasteiger partial charge in [-0.3, -0.25) is 14.5 Å². The number of carbonyl (C=O) groups is 3. The topological polar surface area (TPSA) is 78.9 Å². The molecule has 2 aromatic carbocycles. The minimum atomic E-state index is -0.582. The molecule has 5 rings (SSSR count). The van der Waals surface area contributed by atoms with Crippen LogP contribution >= 0.6 is 23.7 Å². The lowest BCUT2D eigenvalue weighted by atomic mass is 10.0. The van der Waals surface area contributed by atoms with Crippen LogP contribution in [0.4, 0.5) is 15.1 Å². The maximum absolute atomic E-state index is 13.3. The van der Waals surface area contributed by atoms with Crippen LogP contribution in [0.3, 0.4) is 0 Å². The number of amides is 2. The van der Waals surface area contributed by atoms with Crippen molar-refractivity contribution in [3.63, 3.8) is 0 Å². The second kappa shape index (κ2) is 12.1. The first-order valence-corrected chi connectivity index (χ1v) is 13.2. The van der Waals surface area contributed by atoms with E-state index in [0.29, 0.717) is 29.2 Å². The summed E-state index contributed by atoms with van der Waals surface area (Å²) in [5, 5.41) is 3.41. The molecule has 1 fully saturated rings. The number of thiophene rings is 1. The molecule has 38 heavy (non-hydrogen) atoms. The number of halogens is 2. The summed E-state index contributed by atoms with van der Waals surface area (Å²) in [6.45, 7) is 4.46. The Hall–Kier alpha value is -3.27. The van der Waals surface area contributed by atoms with E-state index in [1.54, 1.807) is 6.92 Å². The zero-order valence-electron chi connectivity index (χ0n) is 20.9. The fourth-order valence-corrected chi connectivity index (χ4v) is 6.19. The molecule has 1 saturated heterocycles. The number of esters is 1. The Morgan fingerprint density at radius 2 is 1.87 bits per heavy atom. The van der Waals surface area contributed by atoms with Crippen LogP contribution in [0.2, 0.25) is 0 Å². The molecule has 1 unspecified atom stereocenters. The Morgan fingerprint density at radius 1 is 1.13 bits per heavy atom. The monoisotopic (exact) mass is 557 g/mol. The quantitative estimate of drug-likeness (QED) is 0.412. The third-order valence-corrected chi connectivity index (χ3v) is 7.87. The van der Waals surface area contributed by atoms with Gasteiger partial charge >= 0.3 is 5.97 Å². The third kappa shape index (κ3) is 5.90. The fraction of sp³-hybridized carbons (Fsp3) is 0.321. The van der Waals surface area contributed by atoms with Gasteiger partial charge in [0, 0.05) is 43.2 Å². The van der Waals surface area contributed by atoms with Gasteiger partial charge in [-0.05, 0) is 48.7 Å². The van der Waals surface area contributed by atoms with Crippen LogP contribution in [0.1, 0.15) is 39.7 Å². The predicted octanol–water partition coefficient (Wildman–Crippen LogP) is 5.04. The molecule has 10 heteroatoms. The average Bonchev–Trinajstić information content (AvgIpc) is 3.45. The molecule has 0 radical (unpaired) electrons. The molecule has 200 valence electrons. The van der Waals surface area contributed by atoms with Gasteiger partial charge in [-0.25, -0.2) is 9.18 Å². The van der Waals surface area contributed by atoms with Crippen molar-refractivity contribution in [1.29, 1.82) is 0 Å². The molecule has 2 aliphatic heterocycles. The summed E-state index contributed by atoms with van der Waals surface area (Å²) in [6.07, 6.45) is 0.733. The van der Waals surface area contributed by atoms with E-state index in [0.717, 1.165) is 23.5 Å². The number of nitrogens with one attached hydrogen (secondary N) is 1. The molecule has 3 heterocycles. The second-order valence-electron chi connectivity index (χ2n) is 9.25. The first kappa shape index (κ1) is 27.8. The zero-order chi connectivity index (χ0) is 25.9. The van der Waals surface area contributed by atoms with Gasteiger partial charge in [0.2, 0.25) is 11.8 Å². The Kier molecular flexibility index (Phi) is 8.81. The third-order valence-electron chi connectivity index (χ3n) is 6.74. The van der Waals surface area contributed by atoms with Crippen molar-refractivity contribution in [3.8, 4) is 0 Å². The van der Waals surface area contributed by atoms with Crippen molar-refractivity contribution < 1.29 is 23.5 Å². The van der Waals surface area contributed by atoms with E-state index in [1.165, 1.54) is 46.1 Å². The van der Waals surface area contributed by atoms with Gasteiger partial charge in [0.25, 0.3) is 0 Å². The van der Waals surface area contributed by atoms with E-state index in [9.17, 15) is 18.8 Å². The van der Waals surface area contributed by atoms with Gasteiger partial charge in [0.1, 0.15) is 10.8 Å². The van der Waals surface area contributed by atoms with Crippen LogP contribution in [0.25, 0.3) is 0 Å². The molecule has 0 spiro atoms. The van der Waals surface area contributed by atoms with Crippen LogP contribution < -0.4 is 10.2 Å². The maximum atomic E-state index is 13.3. The van der Waals surface area contributed by atoms with Crippen LogP contribution in [-0.4, -0.2) is 42.4 Å². The van der Waals surface area contributed by atoms with Gasteiger partial charge in [0.05, 0.1) is 18.1 Å². The number of benzene rings is 2. The summed E-state index contributed by atoms with van der Waals surface area (Å²) < 4.78 is 18.6. The van der Waals surface area contributed by atoms with Gasteiger partial charge in [-0.15, -0.1) is 23.7 Å². The number of nitrogens with zero attached hydrogens (tertiary/aromatic N) is 2. The predicted molar refractivity (Wildman–Crippen MR) is 147 cm³/mol. The Morgan fingerprint density at radius 3 is 2.58 bits per heavy atom. The number of rotatable bonds is 7. The highest BCUT2D eigenvalue weighted by molar-refractivity contribution is 7.17. The highest BCUT2D eigenvalue weighted by Gasteiger charge is 2.37. The molecule has 7 nitrogen and oxygen atoms in total. The smallest absolute Gasteiger partial charge is 0.341 e.